The molecule has 5 aliphatic carbocycles. The topological polar surface area (TPSA) is 0 Å². The number of fused-ring (bicyclic) bond motifs is 4. The Labute approximate surface area is 294 Å². The summed E-state index contributed by atoms with van der Waals surface area (Å²) in [6.07, 6.45) is 15.8. The third-order valence-corrected chi connectivity index (χ3v) is 17.9. The Bertz CT molecular complexity index is 1190. The Hall–Kier alpha value is 0.120. The molecule has 0 heterocycles. The minimum atomic E-state index is -1.78. The van der Waals surface area contributed by atoms with Gasteiger partial charge in [-0.25, -0.2) is 0 Å². The van der Waals surface area contributed by atoms with Crippen molar-refractivity contribution in [1.29, 1.82) is 0 Å². The van der Waals surface area contributed by atoms with Crippen LogP contribution in [0.3, 0.4) is 0 Å². The number of rotatable bonds is 2. The van der Waals surface area contributed by atoms with Crippen LogP contribution in [0, 0.1) is 73.0 Å². The van der Waals surface area contributed by atoms with Crippen molar-refractivity contribution < 1.29 is 20.8 Å². The van der Waals surface area contributed by atoms with Crippen LogP contribution in [0.25, 0.3) is 0 Å². The molecule has 2 saturated carbocycles. The van der Waals surface area contributed by atoms with Crippen LogP contribution in [0.15, 0.2) is 69.9 Å². The second-order valence-electron chi connectivity index (χ2n) is 17.1. The fourth-order valence-corrected chi connectivity index (χ4v) is 16.4. The monoisotopic (exact) mass is 732 g/mol. The molecule has 0 radical (unpaired) electrons. The molecule has 0 aromatic rings. The molecule has 0 spiro atoms. The van der Waals surface area contributed by atoms with Gasteiger partial charge in [0.25, 0.3) is 0 Å². The van der Waals surface area contributed by atoms with Crippen LogP contribution in [0.2, 0.25) is 24.2 Å². The van der Waals surface area contributed by atoms with Crippen LogP contribution in [-0.2, 0) is 20.8 Å². The van der Waals surface area contributed by atoms with E-state index in [0.717, 1.165) is 34.8 Å². The summed E-state index contributed by atoms with van der Waals surface area (Å²) in [5.41, 5.74) is 11.7. The second kappa shape index (κ2) is 14.3. The van der Waals surface area contributed by atoms with Crippen molar-refractivity contribution in [3.05, 3.63) is 84.7 Å². The summed E-state index contributed by atoms with van der Waals surface area (Å²) in [5.74, 6) is 5.61. The van der Waals surface area contributed by atoms with Crippen LogP contribution < -0.4 is 0 Å². The van der Waals surface area contributed by atoms with Gasteiger partial charge in [-0.2, -0.15) is 0 Å². The molecule has 0 bridgehead atoms. The van der Waals surface area contributed by atoms with Gasteiger partial charge in [-0.3, -0.25) is 0 Å². The summed E-state index contributed by atoms with van der Waals surface area (Å²) < 4.78 is 0. The molecule has 0 nitrogen and oxygen atoms in total. The average Bonchev–Trinajstić information content (AvgIpc) is 3.37. The van der Waals surface area contributed by atoms with Gasteiger partial charge in [-0.05, 0) is 119 Å². The van der Waals surface area contributed by atoms with Gasteiger partial charge in [-0.1, -0.05) is 116 Å². The molecule has 2 fully saturated rings. The molecule has 0 N–H and O–H groups in total. The van der Waals surface area contributed by atoms with Crippen molar-refractivity contribution in [2.24, 2.45) is 58.2 Å². The first kappa shape index (κ1) is 40.3. The van der Waals surface area contributed by atoms with E-state index in [0.29, 0.717) is 23.7 Å². The van der Waals surface area contributed by atoms with E-state index >= 15 is 0 Å². The quantitative estimate of drug-likeness (QED) is 0.196. The third-order valence-electron chi connectivity index (χ3n) is 12.8. The molecule has 0 aromatic carbocycles. The van der Waals surface area contributed by atoms with E-state index in [-0.39, 0.29) is 25.7 Å². The molecule has 0 amide bonds. The van der Waals surface area contributed by atoms with Gasteiger partial charge in [0.1, 0.15) is 0 Å². The van der Waals surface area contributed by atoms with E-state index in [1.54, 1.807) is 33.4 Å². The third kappa shape index (κ3) is 6.83. The van der Waals surface area contributed by atoms with Crippen molar-refractivity contribution >= 4 is 25.1 Å². The van der Waals surface area contributed by atoms with Gasteiger partial charge in [0.15, 0.2) is 0 Å². The maximum atomic E-state index is 4.93. The summed E-state index contributed by atoms with van der Waals surface area (Å²) in [7, 11) is 8.09. The van der Waals surface area contributed by atoms with Crippen molar-refractivity contribution in [1.82, 2.24) is 0 Å². The van der Waals surface area contributed by atoms with Crippen molar-refractivity contribution in [3.63, 3.8) is 0 Å². The summed E-state index contributed by atoms with van der Waals surface area (Å²) in [6.45, 7) is 35.1. The molecule has 5 rings (SSSR count). The van der Waals surface area contributed by atoms with Gasteiger partial charge in [0, 0.05) is 0 Å². The minimum absolute atomic E-state index is 0. The van der Waals surface area contributed by atoms with Gasteiger partial charge >= 0.3 is 37.9 Å². The predicted octanol–water partition coefficient (Wildman–Crippen LogP) is 13.5. The van der Waals surface area contributed by atoms with Gasteiger partial charge in [0.2, 0.25) is 0 Å². The Morgan fingerprint density at radius 3 is 1.34 bits per heavy atom. The van der Waals surface area contributed by atoms with Gasteiger partial charge < -0.3 is 14.9 Å². The van der Waals surface area contributed by atoms with Crippen LogP contribution in [-0.4, -0.2) is 8.07 Å². The van der Waals surface area contributed by atoms with Gasteiger partial charge in [-0.15, -0.1) is 0 Å². The van der Waals surface area contributed by atoms with Crippen molar-refractivity contribution in [2.45, 2.75) is 107 Å². The zero-order valence-electron chi connectivity index (χ0n) is 31.0. The molecule has 4 heteroatoms. The average molecular weight is 735 g/mol. The number of hydrogen-bond acceptors (Lipinski definition) is 0. The van der Waals surface area contributed by atoms with E-state index in [9.17, 15) is 0 Å². The maximum absolute atomic E-state index is 4.93. The summed E-state index contributed by atoms with van der Waals surface area (Å²) in [4.78, 5) is 0. The van der Waals surface area contributed by atoms with E-state index in [2.05, 4.69) is 133 Å². The molecular formula is C40H64Cl2SiZr. The molecule has 5 aliphatic rings. The van der Waals surface area contributed by atoms with E-state index in [1.807, 2.05) is 0 Å². The predicted molar refractivity (Wildman–Crippen MR) is 199 cm³/mol. The van der Waals surface area contributed by atoms with Crippen LogP contribution in [0.4, 0.5) is 0 Å². The summed E-state index contributed by atoms with van der Waals surface area (Å²) >= 11 is -0.826. The Morgan fingerprint density at radius 1 is 0.614 bits per heavy atom. The van der Waals surface area contributed by atoms with Crippen LogP contribution in [0.1, 0.15) is 83.1 Å². The molecule has 0 aromatic heterocycles. The molecule has 0 aliphatic heterocycles. The Morgan fingerprint density at radius 2 is 0.977 bits per heavy atom. The first-order valence-corrected chi connectivity index (χ1v) is 25.9. The van der Waals surface area contributed by atoms with Crippen LogP contribution >= 0.6 is 17.0 Å². The molecule has 44 heavy (non-hydrogen) atoms. The molecular weight excluding hydrogens is 671 g/mol. The first-order valence-electron chi connectivity index (χ1n) is 16.4. The van der Waals surface area contributed by atoms with E-state index in [4.69, 9.17) is 17.0 Å². The van der Waals surface area contributed by atoms with Crippen molar-refractivity contribution in [2.75, 3.05) is 0 Å². The Kier molecular flexibility index (Phi) is 13.1. The zero-order valence-corrected chi connectivity index (χ0v) is 36.0. The normalized spacial score (nSPS) is 36.1. The number of halogens is 2. The number of hydrogen-bond donors (Lipinski definition) is 0. The second-order valence-corrected chi connectivity index (χ2v) is 25.8. The van der Waals surface area contributed by atoms with E-state index in [1.165, 1.54) is 0 Å². The van der Waals surface area contributed by atoms with E-state index < -0.39 is 28.9 Å². The molecule has 0 saturated heterocycles. The summed E-state index contributed by atoms with van der Waals surface area (Å²) in [6, 6.07) is 0. The molecule has 9 atom stereocenters. The zero-order chi connectivity index (χ0) is 31.7. The van der Waals surface area contributed by atoms with Gasteiger partial charge in [0.05, 0.1) is 8.07 Å². The Balaban J connectivity index is 0.00000130. The first-order chi connectivity index (χ1) is 19.3. The molecule has 9 unspecified atom stereocenters. The summed E-state index contributed by atoms with van der Waals surface area (Å²) in [5, 5.41) is 0. The fraction of sp³-hybridized carbons (Fsp3) is 0.650. The number of allylic oxidation sites excluding steroid dienone is 12. The SMILES string of the molecule is CC1=C(C)C2C(C)C(C)C([Si](C)(C)C3C4C=C(C(C)(C)C)C=CC4C4C=CC(C(C)(C)C)=CC43)C2C(C)=C1C.[CH3-].[CH3-].[Cl][Zr+2][Cl]. The fourth-order valence-electron chi connectivity index (χ4n) is 10.3. The molecule has 246 valence electrons. The van der Waals surface area contributed by atoms with Crippen molar-refractivity contribution in [3.8, 4) is 0 Å². The van der Waals surface area contributed by atoms with Crippen LogP contribution in [0.5, 0.6) is 0 Å². The standard InChI is InChI=1S/C38H58Si.2CH3.2ClH.Zr/c1-21-22(2)24(4)34-33(23(21)3)25(5)26(6)35(34)39(13,14)36-31-19-27(37(7,8)9)15-17-29(31)30-18-16-28(20-32(30)36)38(10,11)12;;;;;/h15-20,25-26,29-36H,1-14H3;2*1H3;2*1H;/q;2*-1;;;+4/p-2.